The highest BCUT2D eigenvalue weighted by Crippen LogP contribution is 2.47. The van der Waals surface area contributed by atoms with E-state index < -0.39 is 32.3 Å². The first kappa shape index (κ1) is 60.7. The largest absolute Gasteiger partial charge is 0.244 e. The van der Waals surface area contributed by atoms with Crippen LogP contribution in [0.4, 0.5) is 0 Å². The Morgan fingerprint density at radius 3 is 0.679 bits per heavy atom. The van der Waals surface area contributed by atoms with Crippen LogP contribution in [0.15, 0.2) is 72.8 Å². The molecule has 0 aliphatic carbocycles. The molecular weight excluding hydrogens is 1010 g/mol. The molecule has 0 saturated carbocycles. The number of benzene rings is 6. The lowest BCUT2D eigenvalue weighted by Gasteiger charge is -2.38. The lowest BCUT2D eigenvalue weighted by Crippen LogP contribution is -2.43. The van der Waals surface area contributed by atoms with Gasteiger partial charge in [0.25, 0.3) is 0 Å². The quantitative estimate of drug-likeness (QED) is 0.0527. The van der Waals surface area contributed by atoms with Gasteiger partial charge >= 0.3 is 0 Å². The minimum atomic E-state index is -2.17. The SMILES string of the molecule is CC(C)[Si](C#Cc1c2ccccc2c(C#C[Si](C(C)C)(C(C)C)C(C)C)c2c1ccc1nc3c(ccc4c(C#C[Si](C(C)C)(C(C)C)C(C)C)c5ccccc5c(C#C[Si](C(C)C)(C(C)C)C(C)C)c43)nc12)(C(C)C)C(C)C. The molecule has 0 saturated heterocycles. The monoisotopic (exact) mass is 1100 g/mol. The van der Waals surface area contributed by atoms with Gasteiger partial charge < -0.3 is 0 Å². The van der Waals surface area contributed by atoms with E-state index in [0.717, 1.165) is 87.4 Å². The summed E-state index contributed by atoms with van der Waals surface area (Å²) in [6, 6.07) is 26.9. The molecule has 0 amide bonds. The summed E-state index contributed by atoms with van der Waals surface area (Å²) in [7, 11) is -8.59. The van der Waals surface area contributed by atoms with Gasteiger partial charge in [0.15, 0.2) is 0 Å². The molecule has 0 aliphatic heterocycles. The highest BCUT2D eigenvalue weighted by molar-refractivity contribution is 6.92. The normalized spacial score (nSPS) is 13.1. The van der Waals surface area contributed by atoms with Crippen LogP contribution in [0, 0.1) is 45.9 Å². The summed E-state index contributed by atoms with van der Waals surface area (Å²) >= 11 is 0. The second-order valence-corrected chi connectivity index (χ2v) is 49.4. The minimum Gasteiger partial charge on any atom is -0.244 e. The summed E-state index contributed by atoms with van der Waals surface area (Å²) < 4.78 is 0. The minimum absolute atomic E-state index is 0.486. The molecule has 2 nitrogen and oxygen atoms in total. The van der Waals surface area contributed by atoms with Gasteiger partial charge in [0.2, 0.25) is 0 Å². The highest BCUT2D eigenvalue weighted by Gasteiger charge is 2.45. The van der Waals surface area contributed by atoms with Gasteiger partial charge in [-0.2, -0.15) is 0 Å². The van der Waals surface area contributed by atoms with Crippen LogP contribution in [0.5, 0.6) is 0 Å². The third-order valence-electron chi connectivity index (χ3n) is 19.8. The van der Waals surface area contributed by atoms with Gasteiger partial charge in [0.1, 0.15) is 32.3 Å². The lowest BCUT2D eigenvalue weighted by atomic mass is 9.90. The van der Waals surface area contributed by atoms with E-state index in [1.54, 1.807) is 0 Å². The molecule has 1 aromatic heterocycles. The van der Waals surface area contributed by atoms with Crippen LogP contribution in [0.25, 0.3) is 65.2 Å². The lowest BCUT2D eigenvalue weighted by molar-refractivity contribution is 0.838. The van der Waals surface area contributed by atoms with Gasteiger partial charge in [0, 0.05) is 43.8 Å². The van der Waals surface area contributed by atoms with Crippen LogP contribution in [0.2, 0.25) is 66.5 Å². The Hall–Kier alpha value is -4.93. The Morgan fingerprint density at radius 1 is 0.256 bits per heavy atom. The van der Waals surface area contributed by atoms with Crippen LogP contribution in [-0.2, 0) is 0 Å². The summed E-state index contributed by atoms with van der Waals surface area (Å²) in [6.45, 7) is 57.8. The first-order valence-electron chi connectivity index (χ1n) is 30.2. The van der Waals surface area contributed by atoms with E-state index >= 15 is 0 Å². The number of fused-ring (bicyclic) bond motifs is 8. The molecule has 6 heteroatoms. The van der Waals surface area contributed by atoms with Crippen LogP contribution < -0.4 is 0 Å². The zero-order valence-electron chi connectivity index (χ0n) is 52.8. The maximum Gasteiger partial charge on any atom is 0.146 e. The second kappa shape index (κ2) is 23.3. The fourth-order valence-electron chi connectivity index (χ4n) is 16.1. The molecule has 7 rings (SSSR count). The Bertz CT molecular complexity index is 3340. The summed E-state index contributed by atoms with van der Waals surface area (Å²) in [5.41, 5.74) is 30.4. The smallest absolute Gasteiger partial charge is 0.146 e. The van der Waals surface area contributed by atoms with Crippen LogP contribution >= 0.6 is 0 Å². The Kier molecular flexibility index (Phi) is 18.1. The maximum absolute atomic E-state index is 5.88. The topological polar surface area (TPSA) is 25.8 Å². The second-order valence-electron chi connectivity index (χ2n) is 27.1. The number of hydrogen-bond acceptors (Lipinski definition) is 2. The van der Waals surface area contributed by atoms with Crippen molar-refractivity contribution >= 4 is 97.5 Å². The van der Waals surface area contributed by atoms with Crippen LogP contribution in [0.3, 0.4) is 0 Å². The predicted molar refractivity (Wildman–Crippen MR) is 359 cm³/mol. The van der Waals surface area contributed by atoms with Crippen molar-refractivity contribution in [1.82, 2.24) is 9.97 Å². The van der Waals surface area contributed by atoms with E-state index in [1.807, 2.05) is 0 Å². The molecule has 78 heavy (non-hydrogen) atoms. The number of hydrogen-bond donors (Lipinski definition) is 0. The highest BCUT2D eigenvalue weighted by atomic mass is 28.3. The molecular formula is C72H96N2Si4. The van der Waals surface area contributed by atoms with Gasteiger partial charge in [-0.3, -0.25) is 0 Å². The summed E-state index contributed by atoms with van der Waals surface area (Å²) in [5.74, 6) is 16.2. The summed E-state index contributed by atoms with van der Waals surface area (Å²) in [4.78, 5) is 11.8. The van der Waals surface area contributed by atoms with E-state index in [0.29, 0.717) is 66.5 Å². The third-order valence-corrected chi connectivity index (χ3v) is 45.0. The molecule has 410 valence electrons. The van der Waals surface area contributed by atoms with Crippen molar-refractivity contribution in [2.45, 2.75) is 233 Å². The average molecular weight is 1100 g/mol. The molecule has 6 aromatic carbocycles. The molecule has 0 unspecified atom stereocenters. The first-order chi connectivity index (χ1) is 36.6. The summed E-state index contributed by atoms with van der Waals surface area (Å²) in [6.07, 6.45) is 0. The third kappa shape index (κ3) is 9.97. The van der Waals surface area contributed by atoms with Gasteiger partial charge in [-0.1, -0.05) is 251 Å². The molecule has 7 aromatic rings. The number of rotatable bonds is 12. The fourth-order valence-corrected chi connectivity index (χ4v) is 36.9. The Labute approximate surface area is 478 Å². The zero-order chi connectivity index (χ0) is 57.7. The van der Waals surface area contributed by atoms with E-state index in [2.05, 4.69) is 285 Å². The van der Waals surface area contributed by atoms with E-state index in [1.165, 1.54) is 0 Å². The summed E-state index contributed by atoms with van der Waals surface area (Å²) in [5, 5.41) is 8.96. The standard InChI is InChI=1S/C72H96N2Si4/c1-45(2)75(46(3)4,47(5)6)41-37-61-57-29-25-27-31-59(57)65(39-43-77(51(13)14,52(15)16)53(17)18)69-63(61)33-35-67-71(69)73-68-36-34-64-62(38-42-76(48(7)8,49(9)10)50(11)12)58-30-26-28-32-60(58)66(70(64)72(68)74-67)40-44-78(54(19)20,55(21)22)56(23)24/h25-36,45-56H,1-24H3. The molecule has 1 heterocycles. The van der Waals surface area contributed by atoms with Gasteiger partial charge in [-0.25, -0.2) is 9.97 Å². The number of nitrogens with zero attached hydrogens (tertiary/aromatic N) is 2. The fraction of sp³-hybridized carbons (Fsp3) is 0.500. The van der Waals surface area contributed by atoms with Crippen molar-refractivity contribution in [3.05, 3.63) is 95.1 Å². The first-order valence-corrected chi connectivity index (χ1v) is 39.1. The van der Waals surface area contributed by atoms with E-state index in [4.69, 9.17) is 9.97 Å². The average Bonchev–Trinajstić information content (AvgIpc) is 3.24. The number of aromatic nitrogens is 2. The van der Waals surface area contributed by atoms with E-state index in [9.17, 15) is 0 Å². The Morgan fingerprint density at radius 2 is 0.462 bits per heavy atom. The van der Waals surface area contributed by atoms with Crippen molar-refractivity contribution in [1.29, 1.82) is 0 Å². The molecule has 0 N–H and O–H groups in total. The van der Waals surface area contributed by atoms with Crippen molar-refractivity contribution < 1.29 is 0 Å². The van der Waals surface area contributed by atoms with Crippen LogP contribution in [0.1, 0.15) is 188 Å². The van der Waals surface area contributed by atoms with Crippen molar-refractivity contribution in [2.24, 2.45) is 0 Å². The van der Waals surface area contributed by atoms with Gasteiger partial charge in [0.05, 0.1) is 22.1 Å². The van der Waals surface area contributed by atoms with Crippen molar-refractivity contribution in [3.8, 4) is 45.9 Å². The maximum atomic E-state index is 5.88. The Balaban J connectivity index is 1.76. The zero-order valence-corrected chi connectivity index (χ0v) is 56.8. The molecule has 0 radical (unpaired) electrons. The van der Waals surface area contributed by atoms with E-state index in [-0.39, 0.29) is 0 Å². The van der Waals surface area contributed by atoms with Gasteiger partial charge in [-0.05, 0) is 100 Å². The van der Waals surface area contributed by atoms with Crippen molar-refractivity contribution in [3.63, 3.8) is 0 Å². The molecule has 0 spiro atoms. The molecule has 0 atom stereocenters. The molecule has 0 aliphatic rings. The predicted octanol–water partition coefficient (Wildman–Crippen LogP) is 21.7. The molecule has 0 fully saturated rings. The van der Waals surface area contributed by atoms with Crippen molar-refractivity contribution in [2.75, 3.05) is 0 Å². The van der Waals surface area contributed by atoms with Crippen LogP contribution in [-0.4, -0.2) is 42.3 Å². The van der Waals surface area contributed by atoms with Gasteiger partial charge in [-0.15, -0.1) is 22.2 Å². The molecule has 0 bridgehead atoms.